The molecule has 0 fully saturated rings. The van der Waals surface area contributed by atoms with Crippen LogP contribution in [0.1, 0.15) is 22.3 Å². The summed E-state index contributed by atoms with van der Waals surface area (Å²) < 4.78 is 2.33. The Hall–Kier alpha value is -8.21. The van der Waals surface area contributed by atoms with Gasteiger partial charge in [0, 0.05) is 33.2 Å². The van der Waals surface area contributed by atoms with E-state index in [2.05, 4.69) is 205 Å². The van der Waals surface area contributed by atoms with Crippen LogP contribution >= 0.6 is 0 Å². The Bertz CT molecular complexity index is 3540. The molecule has 288 valence electrons. The van der Waals surface area contributed by atoms with Crippen LogP contribution in [0.25, 0.3) is 95.0 Å². The normalized spacial score (nSPS) is 13.0. The molecule has 4 heteroatoms. The molecule has 0 aliphatic heterocycles. The van der Waals surface area contributed by atoms with Crippen molar-refractivity contribution in [3.8, 4) is 73.2 Å². The molecule has 0 saturated heterocycles. The third-order valence-electron chi connectivity index (χ3n) is 13.1. The lowest BCUT2D eigenvalue weighted by Crippen LogP contribution is -2.25. The zero-order valence-electron chi connectivity index (χ0n) is 33.6. The second-order valence-corrected chi connectivity index (χ2v) is 16.3. The van der Waals surface area contributed by atoms with Crippen LogP contribution < -0.4 is 0 Å². The maximum atomic E-state index is 5.36. The highest BCUT2D eigenvalue weighted by Gasteiger charge is 2.51. The van der Waals surface area contributed by atoms with Gasteiger partial charge >= 0.3 is 0 Å². The summed E-state index contributed by atoms with van der Waals surface area (Å²) in [7, 11) is 0. The highest BCUT2D eigenvalue weighted by atomic mass is 15.0. The molecule has 0 bridgehead atoms. The van der Waals surface area contributed by atoms with E-state index >= 15 is 0 Å². The van der Waals surface area contributed by atoms with Gasteiger partial charge in [-0.3, -0.25) is 0 Å². The molecule has 1 spiro atoms. The predicted octanol–water partition coefficient (Wildman–Crippen LogP) is 14.0. The van der Waals surface area contributed by atoms with E-state index in [1.165, 1.54) is 50.1 Å². The third kappa shape index (κ3) is 4.86. The van der Waals surface area contributed by atoms with Crippen LogP contribution in [0.15, 0.2) is 218 Å². The van der Waals surface area contributed by atoms with Crippen molar-refractivity contribution in [1.82, 2.24) is 19.5 Å². The lowest BCUT2D eigenvalue weighted by molar-refractivity contribution is 0.794. The molecular weight excluding hydrogens is 753 g/mol. The minimum atomic E-state index is -0.412. The van der Waals surface area contributed by atoms with Crippen molar-refractivity contribution in [1.29, 1.82) is 0 Å². The topological polar surface area (TPSA) is 43.6 Å². The van der Waals surface area contributed by atoms with Gasteiger partial charge in [0.05, 0.1) is 16.4 Å². The van der Waals surface area contributed by atoms with Crippen LogP contribution in [0.2, 0.25) is 0 Å². The number of benzene rings is 9. The van der Waals surface area contributed by atoms with Gasteiger partial charge in [-0.1, -0.05) is 188 Å². The Kier molecular flexibility index (Phi) is 7.49. The van der Waals surface area contributed by atoms with Crippen molar-refractivity contribution in [2.45, 2.75) is 5.41 Å². The SMILES string of the molecule is c1ccc(-c2nc(-c3cccc(-c4cccc5c4-c4ccccc4C54c5ccccc5-c5ccccc54)c3)nc(-c3cccc4c3c3ccccc3n4-c3ccccc3)n2)cc1. The van der Waals surface area contributed by atoms with Gasteiger partial charge in [0.25, 0.3) is 0 Å². The quantitative estimate of drug-likeness (QED) is 0.174. The van der Waals surface area contributed by atoms with Gasteiger partial charge in [-0.2, -0.15) is 0 Å². The van der Waals surface area contributed by atoms with E-state index in [1.807, 2.05) is 18.2 Å². The van der Waals surface area contributed by atoms with Crippen LogP contribution in [0.5, 0.6) is 0 Å². The number of nitrogens with zero attached hydrogens (tertiary/aromatic N) is 4. The van der Waals surface area contributed by atoms with E-state index < -0.39 is 5.41 Å². The molecule has 2 aromatic heterocycles. The molecule has 2 aliphatic carbocycles. The predicted molar refractivity (Wildman–Crippen MR) is 252 cm³/mol. The first-order valence-electron chi connectivity index (χ1n) is 21.2. The van der Waals surface area contributed by atoms with Gasteiger partial charge in [0.15, 0.2) is 17.5 Å². The van der Waals surface area contributed by atoms with Gasteiger partial charge < -0.3 is 4.57 Å². The maximum Gasteiger partial charge on any atom is 0.164 e. The highest BCUT2D eigenvalue weighted by molar-refractivity contribution is 6.15. The second-order valence-electron chi connectivity index (χ2n) is 16.3. The van der Waals surface area contributed by atoms with Crippen molar-refractivity contribution in [2.75, 3.05) is 0 Å². The first kappa shape index (κ1) is 34.6. The van der Waals surface area contributed by atoms with Crippen molar-refractivity contribution in [3.05, 3.63) is 241 Å². The fourth-order valence-corrected chi connectivity index (χ4v) is 10.6. The molecule has 9 aromatic carbocycles. The third-order valence-corrected chi connectivity index (χ3v) is 13.1. The highest BCUT2D eigenvalue weighted by Crippen LogP contribution is 2.64. The Morgan fingerprint density at radius 2 is 0.806 bits per heavy atom. The molecule has 0 N–H and O–H groups in total. The summed E-state index contributed by atoms with van der Waals surface area (Å²) in [6.07, 6.45) is 0. The molecule has 0 atom stereocenters. The number of para-hydroxylation sites is 2. The summed E-state index contributed by atoms with van der Waals surface area (Å²) in [6.45, 7) is 0. The van der Waals surface area contributed by atoms with E-state index in [9.17, 15) is 0 Å². The van der Waals surface area contributed by atoms with Crippen LogP contribution in [0.3, 0.4) is 0 Å². The molecule has 4 nitrogen and oxygen atoms in total. The average Bonchev–Trinajstić information content (AvgIpc) is 3.97. The first-order chi connectivity index (χ1) is 30.8. The van der Waals surface area contributed by atoms with E-state index in [0.717, 1.165) is 49.7 Å². The van der Waals surface area contributed by atoms with Gasteiger partial charge in [-0.25, -0.2) is 15.0 Å². The Morgan fingerprint density at radius 1 is 0.323 bits per heavy atom. The minimum Gasteiger partial charge on any atom is -0.309 e. The molecule has 11 aromatic rings. The lowest BCUT2D eigenvalue weighted by Gasteiger charge is -2.30. The lowest BCUT2D eigenvalue weighted by atomic mass is 9.70. The molecule has 0 unspecified atom stereocenters. The maximum absolute atomic E-state index is 5.36. The number of hydrogen-bond acceptors (Lipinski definition) is 3. The number of hydrogen-bond donors (Lipinski definition) is 0. The molecule has 62 heavy (non-hydrogen) atoms. The van der Waals surface area contributed by atoms with Crippen molar-refractivity contribution in [2.24, 2.45) is 0 Å². The van der Waals surface area contributed by atoms with Gasteiger partial charge in [0.1, 0.15) is 0 Å². The summed E-state index contributed by atoms with van der Waals surface area (Å²) in [5.41, 5.74) is 18.5. The summed E-state index contributed by atoms with van der Waals surface area (Å²) in [4.78, 5) is 15.8. The van der Waals surface area contributed by atoms with Gasteiger partial charge in [0.2, 0.25) is 0 Å². The molecule has 13 rings (SSSR count). The molecular formula is C58H36N4. The fraction of sp³-hybridized carbons (Fsp3) is 0.0172. The van der Waals surface area contributed by atoms with E-state index in [0.29, 0.717) is 17.5 Å². The molecule has 0 radical (unpaired) electrons. The van der Waals surface area contributed by atoms with E-state index in [-0.39, 0.29) is 0 Å². The monoisotopic (exact) mass is 788 g/mol. The smallest absolute Gasteiger partial charge is 0.164 e. The van der Waals surface area contributed by atoms with E-state index in [1.54, 1.807) is 0 Å². The van der Waals surface area contributed by atoms with Crippen LogP contribution in [-0.2, 0) is 5.41 Å². The fourth-order valence-electron chi connectivity index (χ4n) is 10.6. The largest absolute Gasteiger partial charge is 0.309 e. The Morgan fingerprint density at radius 3 is 1.56 bits per heavy atom. The average molecular weight is 789 g/mol. The van der Waals surface area contributed by atoms with Gasteiger partial charge in [-0.05, 0) is 86.0 Å². The number of aromatic nitrogens is 4. The van der Waals surface area contributed by atoms with Crippen molar-refractivity contribution < 1.29 is 0 Å². The summed E-state index contributed by atoms with van der Waals surface area (Å²) in [5.74, 6) is 1.90. The summed E-state index contributed by atoms with van der Waals surface area (Å²) in [5, 5.41) is 2.26. The zero-order valence-corrected chi connectivity index (χ0v) is 33.6. The summed E-state index contributed by atoms with van der Waals surface area (Å²) in [6, 6.07) is 78.4. The van der Waals surface area contributed by atoms with Crippen LogP contribution in [0, 0.1) is 0 Å². The van der Waals surface area contributed by atoms with Crippen LogP contribution in [-0.4, -0.2) is 19.5 Å². The van der Waals surface area contributed by atoms with Crippen molar-refractivity contribution in [3.63, 3.8) is 0 Å². The minimum absolute atomic E-state index is 0.412. The first-order valence-corrected chi connectivity index (χ1v) is 21.2. The number of rotatable bonds is 5. The second kappa shape index (κ2) is 13.4. The number of fused-ring (bicyclic) bond motifs is 13. The Balaban J connectivity index is 1.02. The Labute approximate surface area is 359 Å². The zero-order chi connectivity index (χ0) is 40.8. The summed E-state index contributed by atoms with van der Waals surface area (Å²) >= 11 is 0. The standard InChI is InChI=1S/C58H36N4/c1-3-18-37(19-4-1)55-59-56(61-57(60-55)46-29-17-35-52-54(46)45-27-10-14-34-51(45)62(52)40-22-5-2-6-23-40)39-21-15-20-38(36-39)41-28-16-33-50-53(41)44-26-9-13-32-49(44)58(50)47-30-11-7-24-42(47)43-25-8-12-31-48(43)58/h1-36H. The molecule has 0 amide bonds. The van der Waals surface area contributed by atoms with E-state index in [4.69, 9.17) is 15.0 Å². The van der Waals surface area contributed by atoms with Crippen LogP contribution in [0.4, 0.5) is 0 Å². The molecule has 2 heterocycles. The van der Waals surface area contributed by atoms with Gasteiger partial charge in [-0.15, -0.1) is 0 Å². The molecule has 0 saturated carbocycles. The van der Waals surface area contributed by atoms with Crippen molar-refractivity contribution >= 4 is 21.8 Å². The molecule has 2 aliphatic rings.